The van der Waals surface area contributed by atoms with Gasteiger partial charge < -0.3 is 14.8 Å². The van der Waals surface area contributed by atoms with Gasteiger partial charge in [-0.3, -0.25) is 15.2 Å². The first kappa shape index (κ1) is 17.4. The van der Waals surface area contributed by atoms with Gasteiger partial charge in [0.05, 0.1) is 10.3 Å². The summed E-state index contributed by atoms with van der Waals surface area (Å²) >= 11 is 1.02. The van der Waals surface area contributed by atoms with Gasteiger partial charge in [0.25, 0.3) is 0 Å². The third-order valence-electron chi connectivity index (χ3n) is 4.43. The Hall–Kier alpha value is -3.73. The maximum atomic E-state index is 11.2. The average molecular weight is 410 g/mol. The van der Waals surface area contributed by atoms with Gasteiger partial charge in [0.1, 0.15) is 16.3 Å². The number of hydrogen-bond acceptors (Lipinski definition) is 9. The summed E-state index contributed by atoms with van der Waals surface area (Å²) in [6.07, 6.45) is 2.39. The van der Waals surface area contributed by atoms with Crippen molar-refractivity contribution in [2.75, 3.05) is 18.7 Å². The van der Waals surface area contributed by atoms with E-state index < -0.39 is 4.92 Å². The molecule has 0 bridgehead atoms. The monoisotopic (exact) mass is 410 g/mol. The van der Waals surface area contributed by atoms with Crippen LogP contribution in [-0.4, -0.2) is 38.4 Å². The average Bonchev–Trinajstić information content (AvgIpc) is 3.46. The second-order valence-corrected chi connectivity index (χ2v) is 7.29. The van der Waals surface area contributed by atoms with Crippen LogP contribution < -0.4 is 14.8 Å². The fourth-order valence-corrected chi connectivity index (χ4v) is 3.90. The predicted octanol–water partition coefficient (Wildman–Crippen LogP) is 3.37. The van der Waals surface area contributed by atoms with Crippen molar-refractivity contribution in [2.24, 2.45) is 0 Å². The Bertz CT molecular complexity index is 1210. The van der Waals surface area contributed by atoms with E-state index in [0.29, 0.717) is 40.5 Å². The summed E-state index contributed by atoms with van der Waals surface area (Å²) in [5, 5.41) is 21.9. The van der Waals surface area contributed by atoms with Crippen molar-refractivity contribution < 1.29 is 14.4 Å². The van der Waals surface area contributed by atoms with Crippen molar-refractivity contribution in [3.8, 4) is 23.0 Å². The van der Waals surface area contributed by atoms with E-state index in [2.05, 4.69) is 25.5 Å². The fourth-order valence-electron chi connectivity index (χ4n) is 3.05. The first-order valence-electron chi connectivity index (χ1n) is 8.76. The largest absolute Gasteiger partial charge is 0.454 e. The van der Waals surface area contributed by atoms with Crippen molar-refractivity contribution in [2.45, 2.75) is 6.42 Å². The molecule has 1 aromatic carbocycles. The number of aromatic amines is 1. The summed E-state index contributed by atoms with van der Waals surface area (Å²) in [6, 6.07) is 9.06. The molecule has 4 heterocycles. The number of fused-ring (bicyclic) bond motifs is 2. The van der Waals surface area contributed by atoms with E-state index in [0.717, 1.165) is 28.4 Å². The fraction of sp³-hybridized carbons (Fsp3) is 0.167. The number of ether oxygens (including phenoxy) is 2. The molecule has 0 saturated carbocycles. The van der Waals surface area contributed by atoms with Crippen LogP contribution in [0.3, 0.4) is 0 Å². The molecule has 0 atom stereocenters. The molecule has 2 N–H and O–H groups in total. The SMILES string of the molecule is O=[N+]([O-])c1cc2c(NCCc3ccc4c(c3)OCO4)nc(-c3cc[nH]n3)nc2s1. The van der Waals surface area contributed by atoms with Crippen LogP contribution >= 0.6 is 11.3 Å². The first-order valence-corrected chi connectivity index (χ1v) is 9.57. The summed E-state index contributed by atoms with van der Waals surface area (Å²) in [5.41, 5.74) is 1.65. The summed E-state index contributed by atoms with van der Waals surface area (Å²) in [7, 11) is 0. The Morgan fingerprint density at radius 3 is 2.93 bits per heavy atom. The molecule has 0 spiro atoms. The normalized spacial score (nSPS) is 12.4. The molecule has 1 aliphatic rings. The molecular formula is C18H14N6O4S. The lowest BCUT2D eigenvalue weighted by Crippen LogP contribution is -2.07. The topological polar surface area (TPSA) is 128 Å². The van der Waals surface area contributed by atoms with Gasteiger partial charge in [0.2, 0.25) is 6.79 Å². The van der Waals surface area contributed by atoms with E-state index >= 15 is 0 Å². The molecule has 4 aromatic rings. The quantitative estimate of drug-likeness (QED) is 0.366. The summed E-state index contributed by atoms with van der Waals surface area (Å²) in [5.74, 6) is 2.42. The minimum atomic E-state index is -0.420. The second kappa shape index (κ2) is 7.02. The zero-order valence-corrected chi connectivity index (χ0v) is 15.7. The number of benzene rings is 1. The van der Waals surface area contributed by atoms with Crippen LogP contribution in [0.4, 0.5) is 10.8 Å². The lowest BCUT2D eigenvalue weighted by molar-refractivity contribution is -0.380. The maximum absolute atomic E-state index is 11.2. The summed E-state index contributed by atoms with van der Waals surface area (Å²) in [4.78, 5) is 20.3. The van der Waals surface area contributed by atoms with Crippen molar-refractivity contribution >= 4 is 32.4 Å². The van der Waals surface area contributed by atoms with Crippen LogP contribution in [0, 0.1) is 10.1 Å². The van der Waals surface area contributed by atoms with Crippen LogP contribution in [0.25, 0.3) is 21.7 Å². The minimum absolute atomic E-state index is 0.0206. The Morgan fingerprint density at radius 2 is 2.10 bits per heavy atom. The molecule has 0 saturated heterocycles. The van der Waals surface area contributed by atoms with Crippen LogP contribution in [0.1, 0.15) is 5.56 Å². The van der Waals surface area contributed by atoms with Crippen LogP contribution in [0.2, 0.25) is 0 Å². The highest BCUT2D eigenvalue weighted by Gasteiger charge is 2.19. The minimum Gasteiger partial charge on any atom is -0.454 e. The number of nitrogens with one attached hydrogen (secondary N) is 2. The molecule has 0 amide bonds. The summed E-state index contributed by atoms with van der Waals surface area (Å²) < 4.78 is 10.7. The molecule has 0 radical (unpaired) electrons. The number of nitro groups is 1. The van der Waals surface area contributed by atoms with Gasteiger partial charge in [0, 0.05) is 18.8 Å². The van der Waals surface area contributed by atoms with E-state index in [1.165, 1.54) is 6.07 Å². The molecule has 1 aliphatic heterocycles. The van der Waals surface area contributed by atoms with E-state index in [9.17, 15) is 10.1 Å². The smallest absolute Gasteiger partial charge is 0.326 e. The Morgan fingerprint density at radius 1 is 1.21 bits per heavy atom. The van der Waals surface area contributed by atoms with Gasteiger partial charge in [-0.15, -0.1) is 0 Å². The highest BCUT2D eigenvalue weighted by atomic mass is 32.1. The number of nitrogens with zero attached hydrogens (tertiary/aromatic N) is 4. The number of hydrogen-bond donors (Lipinski definition) is 2. The second-order valence-electron chi connectivity index (χ2n) is 6.28. The molecule has 11 heteroatoms. The Kier molecular flexibility index (Phi) is 4.21. The van der Waals surface area contributed by atoms with E-state index in [-0.39, 0.29) is 11.8 Å². The molecule has 5 rings (SSSR count). The van der Waals surface area contributed by atoms with Crippen LogP contribution in [-0.2, 0) is 6.42 Å². The van der Waals surface area contributed by atoms with Gasteiger partial charge in [-0.1, -0.05) is 6.07 Å². The zero-order chi connectivity index (χ0) is 19.8. The number of anilines is 1. The van der Waals surface area contributed by atoms with Gasteiger partial charge in [-0.2, -0.15) is 5.10 Å². The third kappa shape index (κ3) is 3.31. The van der Waals surface area contributed by atoms with Gasteiger partial charge in [-0.05, 0) is 41.5 Å². The molecule has 0 fully saturated rings. The van der Waals surface area contributed by atoms with Gasteiger partial charge in [0.15, 0.2) is 17.3 Å². The van der Waals surface area contributed by atoms with Crippen LogP contribution in [0.5, 0.6) is 11.5 Å². The Balaban J connectivity index is 1.42. The molecule has 146 valence electrons. The van der Waals surface area contributed by atoms with E-state index in [1.54, 1.807) is 12.3 Å². The number of thiophene rings is 1. The van der Waals surface area contributed by atoms with Crippen molar-refractivity contribution in [1.29, 1.82) is 0 Å². The molecule has 29 heavy (non-hydrogen) atoms. The van der Waals surface area contributed by atoms with Crippen molar-refractivity contribution in [3.05, 3.63) is 52.2 Å². The third-order valence-corrected chi connectivity index (χ3v) is 5.41. The molecule has 0 unspecified atom stereocenters. The molecule has 0 aliphatic carbocycles. The lowest BCUT2D eigenvalue weighted by atomic mass is 10.1. The zero-order valence-electron chi connectivity index (χ0n) is 14.9. The first-order chi connectivity index (χ1) is 14.2. The maximum Gasteiger partial charge on any atom is 0.326 e. The van der Waals surface area contributed by atoms with Crippen LogP contribution in [0.15, 0.2) is 36.5 Å². The number of H-pyrrole nitrogens is 1. The molecular weight excluding hydrogens is 396 g/mol. The van der Waals surface area contributed by atoms with E-state index in [1.807, 2.05) is 18.2 Å². The highest BCUT2D eigenvalue weighted by molar-refractivity contribution is 7.21. The van der Waals surface area contributed by atoms with Gasteiger partial charge >= 0.3 is 5.00 Å². The number of rotatable bonds is 6. The van der Waals surface area contributed by atoms with E-state index in [4.69, 9.17) is 9.47 Å². The summed E-state index contributed by atoms with van der Waals surface area (Å²) in [6.45, 7) is 0.818. The molecule has 10 nitrogen and oxygen atoms in total. The van der Waals surface area contributed by atoms with Crippen molar-refractivity contribution in [1.82, 2.24) is 20.2 Å². The number of aromatic nitrogens is 4. The lowest BCUT2D eigenvalue weighted by Gasteiger charge is -2.08. The van der Waals surface area contributed by atoms with Crippen molar-refractivity contribution in [3.63, 3.8) is 0 Å². The standard InChI is InChI=1S/C18H14N6O4S/c25-24(26)15-8-11-16(21-17(22-18(11)29-15)12-4-6-20-23-12)19-5-3-10-1-2-13-14(7-10)28-9-27-13/h1-2,4,6-8H,3,5,9H2,(H,20,23)(H,19,21,22). The molecule has 3 aromatic heterocycles. The highest BCUT2D eigenvalue weighted by Crippen LogP contribution is 2.35. The Labute approximate surface area is 167 Å². The van der Waals surface area contributed by atoms with Gasteiger partial charge in [-0.25, -0.2) is 9.97 Å². The predicted molar refractivity (Wildman–Crippen MR) is 106 cm³/mol.